The van der Waals surface area contributed by atoms with Crippen molar-refractivity contribution in [3.63, 3.8) is 0 Å². The van der Waals surface area contributed by atoms with Crippen LogP contribution in [0, 0.1) is 18.8 Å². The lowest BCUT2D eigenvalue weighted by atomic mass is 9.95. The highest BCUT2D eigenvalue weighted by Crippen LogP contribution is 2.28. The van der Waals surface area contributed by atoms with Gasteiger partial charge in [0.15, 0.2) is 0 Å². The highest BCUT2D eigenvalue weighted by Gasteiger charge is 2.38. The van der Waals surface area contributed by atoms with Crippen LogP contribution in [0.3, 0.4) is 0 Å². The van der Waals surface area contributed by atoms with Gasteiger partial charge in [-0.05, 0) is 31.9 Å². The number of nitrogens with one attached hydrogen (secondary N) is 1. The summed E-state index contributed by atoms with van der Waals surface area (Å²) >= 11 is 0. The maximum absolute atomic E-state index is 12.9. The monoisotopic (exact) mass is 396 g/mol. The summed E-state index contributed by atoms with van der Waals surface area (Å²) in [5.74, 6) is -0.596. The highest BCUT2D eigenvalue weighted by molar-refractivity contribution is 6.00. The summed E-state index contributed by atoms with van der Waals surface area (Å²) in [5, 5.41) is 7.30. The molecule has 0 bridgehead atoms. The number of piperidine rings is 1. The second kappa shape index (κ2) is 8.02. The number of benzene rings is 1. The molecule has 0 radical (unpaired) electrons. The van der Waals surface area contributed by atoms with Gasteiger partial charge in [0.1, 0.15) is 12.7 Å². The Morgan fingerprint density at radius 2 is 1.69 bits per heavy atom. The summed E-state index contributed by atoms with van der Waals surface area (Å²) in [7, 11) is 0. The van der Waals surface area contributed by atoms with E-state index in [4.69, 9.17) is 0 Å². The number of hydrogen-bond donors (Lipinski definition) is 1. The van der Waals surface area contributed by atoms with Crippen LogP contribution in [-0.2, 0) is 14.4 Å². The molecule has 29 heavy (non-hydrogen) atoms. The van der Waals surface area contributed by atoms with E-state index in [1.54, 1.807) is 9.80 Å². The van der Waals surface area contributed by atoms with Gasteiger partial charge in [-0.25, -0.2) is 4.68 Å². The number of nitrogens with zero attached hydrogens (tertiary/aromatic N) is 5. The third kappa shape index (κ3) is 4.13. The summed E-state index contributed by atoms with van der Waals surface area (Å²) in [5.41, 5.74) is 4.68. The fourth-order valence-electron chi connectivity index (χ4n) is 3.94. The van der Waals surface area contributed by atoms with Crippen LogP contribution >= 0.6 is 0 Å². The van der Waals surface area contributed by atoms with E-state index in [9.17, 15) is 14.4 Å². The predicted molar refractivity (Wildman–Crippen MR) is 105 cm³/mol. The van der Waals surface area contributed by atoms with Crippen molar-refractivity contribution in [2.24, 2.45) is 11.8 Å². The zero-order valence-corrected chi connectivity index (χ0v) is 16.3. The Morgan fingerprint density at radius 3 is 2.34 bits per heavy atom. The molecule has 2 aliphatic rings. The normalized spacial score (nSPS) is 20.2. The number of aromatic nitrogens is 3. The Labute approximate surface area is 168 Å². The van der Waals surface area contributed by atoms with Crippen LogP contribution < -0.4 is 10.3 Å². The van der Waals surface area contributed by atoms with Crippen molar-refractivity contribution in [1.29, 1.82) is 0 Å². The van der Waals surface area contributed by atoms with E-state index in [-0.39, 0.29) is 36.0 Å². The fourth-order valence-corrected chi connectivity index (χ4v) is 3.94. The fraction of sp³-hybridized carbons (Fsp3) is 0.450. The topological polar surface area (TPSA) is 100 Å². The zero-order valence-electron chi connectivity index (χ0n) is 16.3. The molecular weight excluding hydrogens is 372 g/mol. The summed E-state index contributed by atoms with van der Waals surface area (Å²) in [4.78, 5) is 41.2. The molecule has 2 aliphatic heterocycles. The van der Waals surface area contributed by atoms with Crippen molar-refractivity contribution in [2.75, 3.05) is 30.0 Å². The number of amides is 3. The van der Waals surface area contributed by atoms with Gasteiger partial charge in [0.2, 0.25) is 17.7 Å². The Balaban J connectivity index is 1.31. The van der Waals surface area contributed by atoms with Crippen LogP contribution in [0.1, 0.15) is 24.8 Å². The molecule has 1 aromatic heterocycles. The summed E-state index contributed by atoms with van der Waals surface area (Å²) < 4.78 is 1.42. The summed E-state index contributed by atoms with van der Waals surface area (Å²) in [6.07, 6.45) is 4.28. The molecule has 0 unspecified atom stereocenters. The van der Waals surface area contributed by atoms with E-state index >= 15 is 0 Å². The first-order valence-corrected chi connectivity index (χ1v) is 9.82. The molecule has 2 aromatic rings. The molecule has 0 saturated carbocycles. The van der Waals surface area contributed by atoms with Crippen LogP contribution in [0.5, 0.6) is 0 Å². The van der Waals surface area contributed by atoms with E-state index in [1.807, 2.05) is 31.2 Å². The van der Waals surface area contributed by atoms with Gasteiger partial charge in [0, 0.05) is 37.7 Å². The van der Waals surface area contributed by atoms with Gasteiger partial charge < -0.3 is 9.80 Å². The summed E-state index contributed by atoms with van der Waals surface area (Å²) in [6, 6.07) is 7.76. The second-order valence-corrected chi connectivity index (χ2v) is 7.69. The average Bonchev–Trinajstić information content (AvgIpc) is 3.38. The van der Waals surface area contributed by atoms with Crippen LogP contribution in [0.25, 0.3) is 0 Å². The first-order valence-electron chi connectivity index (χ1n) is 9.82. The Morgan fingerprint density at radius 1 is 1.03 bits per heavy atom. The molecule has 1 atom stereocenters. The SMILES string of the molecule is Cc1ccc(N2C[C@@H](C(=O)N3CCC(C(=O)Nn4cnnc4)CC3)CC2=O)cc1. The molecule has 1 N–H and O–H groups in total. The smallest absolute Gasteiger partial charge is 0.242 e. The van der Waals surface area contributed by atoms with Crippen molar-refractivity contribution >= 4 is 23.4 Å². The number of carbonyl (C=O) groups excluding carboxylic acids is 3. The van der Waals surface area contributed by atoms with Gasteiger partial charge in [0.05, 0.1) is 5.92 Å². The van der Waals surface area contributed by atoms with Crippen LogP contribution in [0.15, 0.2) is 36.9 Å². The van der Waals surface area contributed by atoms with Crippen molar-refractivity contribution in [1.82, 2.24) is 19.8 Å². The molecule has 3 amide bonds. The van der Waals surface area contributed by atoms with Crippen molar-refractivity contribution < 1.29 is 14.4 Å². The first kappa shape index (κ1) is 19.1. The van der Waals surface area contributed by atoms with Gasteiger partial charge >= 0.3 is 0 Å². The third-order valence-corrected chi connectivity index (χ3v) is 5.66. The maximum Gasteiger partial charge on any atom is 0.242 e. The minimum Gasteiger partial charge on any atom is -0.342 e. The summed E-state index contributed by atoms with van der Waals surface area (Å²) in [6.45, 7) is 3.45. The molecule has 152 valence electrons. The quantitative estimate of drug-likeness (QED) is 0.829. The van der Waals surface area contributed by atoms with Gasteiger partial charge in [-0.1, -0.05) is 17.7 Å². The lowest BCUT2D eigenvalue weighted by molar-refractivity contribution is -0.138. The molecule has 0 aliphatic carbocycles. The van der Waals surface area contributed by atoms with Crippen molar-refractivity contribution in [3.8, 4) is 0 Å². The van der Waals surface area contributed by atoms with Gasteiger partial charge in [-0.3, -0.25) is 19.8 Å². The zero-order chi connectivity index (χ0) is 20.4. The van der Waals surface area contributed by atoms with Crippen molar-refractivity contribution in [3.05, 3.63) is 42.5 Å². The average molecular weight is 396 g/mol. The molecule has 1 aromatic carbocycles. The van der Waals surface area contributed by atoms with Crippen LogP contribution in [-0.4, -0.2) is 57.1 Å². The Hall–Kier alpha value is -3.23. The molecule has 9 nitrogen and oxygen atoms in total. The van der Waals surface area contributed by atoms with Crippen molar-refractivity contribution in [2.45, 2.75) is 26.2 Å². The lowest BCUT2D eigenvalue weighted by Gasteiger charge is -2.32. The van der Waals surface area contributed by atoms with E-state index in [1.165, 1.54) is 17.3 Å². The van der Waals surface area contributed by atoms with E-state index in [0.29, 0.717) is 32.5 Å². The van der Waals surface area contributed by atoms with E-state index in [0.717, 1.165) is 11.3 Å². The number of rotatable bonds is 4. The van der Waals surface area contributed by atoms with Gasteiger partial charge in [0.25, 0.3) is 0 Å². The molecule has 2 fully saturated rings. The number of likely N-dealkylation sites (tertiary alicyclic amines) is 1. The minimum atomic E-state index is -0.328. The maximum atomic E-state index is 12.9. The molecule has 4 rings (SSSR count). The Kier molecular flexibility index (Phi) is 5.28. The minimum absolute atomic E-state index is 0.00521. The molecule has 3 heterocycles. The molecular formula is C20H24N6O3. The van der Waals surface area contributed by atoms with Crippen LogP contribution in [0.2, 0.25) is 0 Å². The number of anilines is 1. The highest BCUT2D eigenvalue weighted by atomic mass is 16.2. The molecule has 2 saturated heterocycles. The largest absolute Gasteiger partial charge is 0.342 e. The standard InChI is InChI=1S/C20H24N6O3/c1-14-2-4-17(5-3-14)26-11-16(10-18(26)27)20(29)24-8-6-15(7-9-24)19(28)23-25-12-21-22-13-25/h2-5,12-13,15-16H,6-11H2,1H3,(H,23,28)/t16-/m0/s1. The van der Waals surface area contributed by atoms with Gasteiger partial charge in [-0.15, -0.1) is 10.2 Å². The lowest BCUT2D eigenvalue weighted by Crippen LogP contribution is -2.45. The Bertz CT molecular complexity index is 887. The second-order valence-electron chi connectivity index (χ2n) is 7.69. The molecule has 0 spiro atoms. The predicted octanol–water partition coefficient (Wildman–Crippen LogP) is 0.948. The number of hydrogen-bond acceptors (Lipinski definition) is 5. The number of carbonyl (C=O) groups is 3. The van der Waals surface area contributed by atoms with E-state index in [2.05, 4.69) is 15.6 Å². The third-order valence-electron chi connectivity index (χ3n) is 5.66. The van der Waals surface area contributed by atoms with Crippen LogP contribution in [0.4, 0.5) is 5.69 Å². The first-order chi connectivity index (χ1) is 14.0. The van der Waals surface area contributed by atoms with E-state index < -0.39 is 0 Å². The van der Waals surface area contributed by atoms with Gasteiger partial charge in [-0.2, -0.15) is 0 Å². The molecule has 9 heteroatoms. The number of aryl methyl sites for hydroxylation is 1.